The van der Waals surface area contributed by atoms with Crippen LogP contribution in [-0.2, 0) is 16.0 Å². The molecule has 2 amide bonds. The predicted octanol–water partition coefficient (Wildman–Crippen LogP) is 1.18. The van der Waals surface area contributed by atoms with E-state index in [1.54, 1.807) is 6.07 Å². The van der Waals surface area contributed by atoms with E-state index in [1.165, 1.54) is 4.90 Å². The third-order valence-electron chi connectivity index (χ3n) is 5.63. The van der Waals surface area contributed by atoms with E-state index in [0.717, 1.165) is 27.7 Å². The Morgan fingerprint density at radius 3 is 2.72 bits per heavy atom. The van der Waals surface area contributed by atoms with Crippen molar-refractivity contribution in [1.29, 1.82) is 0 Å². The van der Waals surface area contributed by atoms with Gasteiger partial charge in [-0.15, -0.1) is 0 Å². The number of rotatable bonds is 3. The molecule has 2 aromatic carbocycles. The predicted molar refractivity (Wildman–Crippen MR) is 105 cm³/mol. The van der Waals surface area contributed by atoms with Crippen LogP contribution >= 0.6 is 0 Å². The normalized spacial score (nSPS) is 20.0. The van der Waals surface area contributed by atoms with Gasteiger partial charge in [0, 0.05) is 23.0 Å². The minimum atomic E-state index is -0.798. The maximum Gasteiger partial charge on any atom is 0.240 e. The van der Waals surface area contributed by atoms with Crippen LogP contribution in [0.15, 0.2) is 42.5 Å². The number of ether oxygens (including phenoxy) is 2. The van der Waals surface area contributed by atoms with Crippen LogP contribution in [0, 0.1) is 0 Å². The first kappa shape index (κ1) is 17.6. The summed E-state index contributed by atoms with van der Waals surface area (Å²) in [5, 5.41) is 1.01. The highest BCUT2D eigenvalue weighted by Crippen LogP contribution is 2.43. The van der Waals surface area contributed by atoms with Crippen molar-refractivity contribution in [2.75, 3.05) is 13.3 Å². The number of carbonyl (C=O) groups excluding carboxylic acids is 2. The zero-order valence-corrected chi connectivity index (χ0v) is 15.6. The molecular weight excluding hydrogens is 372 g/mol. The van der Waals surface area contributed by atoms with Crippen LogP contribution in [0.5, 0.6) is 11.5 Å². The second-order valence-corrected chi connectivity index (χ2v) is 7.21. The van der Waals surface area contributed by atoms with Crippen LogP contribution in [0.2, 0.25) is 0 Å². The molecule has 0 unspecified atom stereocenters. The lowest BCUT2D eigenvalue weighted by molar-refractivity contribution is -0.141. The van der Waals surface area contributed by atoms with Crippen molar-refractivity contribution >= 4 is 22.7 Å². The zero-order chi connectivity index (χ0) is 20.1. The summed E-state index contributed by atoms with van der Waals surface area (Å²) in [4.78, 5) is 30.1. The fourth-order valence-corrected chi connectivity index (χ4v) is 4.36. The van der Waals surface area contributed by atoms with Crippen LogP contribution in [0.4, 0.5) is 0 Å². The van der Waals surface area contributed by atoms with E-state index >= 15 is 0 Å². The number of fused-ring (bicyclic) bond motifs is 4. The molecule has 2 atom stereocenters. The number of benzene rings is 2. The lowest BCUT2D eigenvalue weighted by Crippen LogP contribution is -2.55. The summed E-state index contributed by atoms with van der Waals surface area (Å²) in [6, 6.07) is 12.0. The van der Waals surface area contributed by atoms with Crippen molar-refractivity contribution in [2.24, 2.45) is 11.5 Å². The van der Waals surface area contributed by atoms with E-state index in [2.05, 4.69) is 4.98 Å². The fraction of sp³-hybridized carbons (Fsp3) is 0.238. The highest BCUT2D eigenvalue weighted by molar-refractivity contribution is 5.92. The van der Waals surface area contributed by atoms with Gasteiger partial charge in [0.05, 0.1) is 12.6 Å². The van der Waals surface area contributed by atoms with Crippen molar-refractivity contribution in [1.82, 2.24) is 9.88 Å². The van der Waals surface area contributed by atoms with Gasteiger partial charge in [-0.1, -0.05) is 24.3 Å². The molecule has 2 aliphatic heterocycles. The molecule has 8 nitrogen and oxygen atoms in total. The minimum Gasteiger partial charge on any atom is -0.454 e. The number of carbonyl (C=O) groups is 2. The molecule has 0 aliphatic carbocycles. The summed E-state index contributed by atoms with van der Waals surface area (Å²) in [6.45, 7) is -0.0726. The highest BCUT2D eigenvalue weighted by atomic mass is 16.7. The molecule has 0 bridgehead atoms. The van der Waals surface area contributed by atoms with Crippen molar-refractivity contribution in [3.05, 3.63) is 59.3 Å². The number of nitrogens with one attached hydrogen (secondary N) is 1. The Balaban J connectivity index is 1.75. The number of hydrogen-bond acceptors (Lipinski definition) is 5. The summed E-state index contributed by atoms with van der Waals surface area (Å²) in [7, 11) is 0. The molecule has 5 N–H and O–H groups in total. The summed E-state index contributed by atoms with van der Waals surface area (Å²) < 4.78 is 10.9. The molecule has 8 heteroatoms. The quantitative estimate of drug-likeness (QED) is 0.618. The van der Waals surface area contributed by atoms with E-state index in [4.69, 9.17) is 20.9 Å². The van der Waals surface area contributed by atoms with Crippen molar-refractivity contribution in [3.8, 4) is 11.5 Å². The van der Waals surface area contributed by atoms with Gasteiger partial charge in [-0.25, -0.2) is 0 Å². The Kier molecular flexibility index (Phi) is 3.95. The van der Waals surface area contributed by atoms with Gasteiger partial charge in [0.15, 0.2) is 11.5 Å². The first-order valence-corrected chi connectivity index (χ1v) is 9.38. The third-order valence-corrected chi connectivity index (χ3v) is 5.63. The maximum atomic E-state index is 12.8. The monoisotopic (exact) mass is 392 g/mol. The number of hydrogen-bond donors (Lipinski definition) is 3. The van der Waals surface area contributed by atoms with Gasteiger partial charge < -0.3 is 30.8 Å². The van der Waals surface area contributed by atoms with E-state index in [0.29, 0.717) is 17.9 Å². The lowest BCUT2D eigenvalue weighted by Gasteiger charge is -2.40. The van der Waals surface area contributed by atoms with Gasteiger partial charge in [0.1, 0.15) is 6.04 Å². The average molecular weight is 392 g/mol. The first-order chi connectivity index (χ1) is 14.1. The van der Waals surface area contributed by atoms with E-state index < -0.39 is 18.0 Å². The number of primary amides is 1. The Labute approximate surface area is 166 Å². The number of nitrogens with zero attached hydrogens (tertiary/aromatic N) is 1. The molecule has 5 rings (SSSR count). The number of aromatic nitrogens is 1. The summed E-state index contributed by atoms with van der Waals surface area (Å²) in [6.07, 6.45) is 0.335. The van der Waals surface area contributed by atoms with E-state index in [-0.39, 0.29) is 19.2 Å². The van der Waals surface area contributed by atoms with Crippen LogP contribution < -0.4 is 20.9 Å². The largest absolute Gasteiger partial charge is 0.454 e. The number of para-hydroxylation sites is 1. The smallest absolute Gasteiger partial charge is 0.240 e. The number of aromatic amines is 1. The van der Waals surface area contributed by atoms with Crippen molar-refractivity contribution in [2.45, 2.75) is 18.5 Å². The average Bonchev–Trinajstić information content (AvgIpc) is 3.35. The Bertz CT molecular complexity index is 1140. The van der Waals surface area contributed by atoms with Crippen LogP contribution in [0.3, 0.4) is 0 Å². The van der Waals surface area contributed by atoms with Gasteiger partial charge in [0.2, 0.25) is 18.6 Å². The molecule has 0 fully saturated rings. The molecule has 1 aromatic heterocycles. The number of nitrogens with two attached hydrogens (primary N) is 2. The summed E-state index contributed by atoms with van der Waals surface area (Å²) in [5.41, 5.74) is 15.0. The zero-order valence-electron chi connectivity index (χ0n) is 15.6. The van der Waals surface area contributed by atoms with Gasteiger partial charge in [0.25, 0.3) is 0 Å². The second kappa shape index (κ2) is 6.52. The molecule has 3 aromatic rings. The molecule has 148 valence electrons. The SMILES string of the molecule is NCC(=O)N1[C@H](c2ccc3c(c2)OCO3)c2[nH]c3ccccc3c2C[C@@H]1C(N)=O. The lowest BCUT2D eigenvalue weighted by atomic mass is 9.87. The molecule has 0 saturated heterocycles. The van der Waals surface area contributed by atoms with Crippen LogP contribution in [0.1, 0.15) is 22.9 Å². The third kappa shape index (κ3) is 2.64. The Morgan fingerprint density at radius 2 is 1.93 bits per heavy atom. The molecule has 0 saturated carbocycles. The van der Waals surface area contributed by atoms with Gasteiger partial charge >= 0.3 is 0 Å². The second-order valence-electron chi connectivity index (χ2n) is 7.21. The van der Waals surface area contributed by atoms with Crippen molar-refractivity contribution < 1.29 is 19.1 Å². The molecule has 29 heavy (non-hydrogen) atoms. The Morgan fingerprint density at radius 1 is 1.14 bits per heavy atom. The first-order valence-electron chi connectivity index (χ1n) is 9.38. The van der Waals surface area contributed by atoms with E-state index in [1.807, 2.05) is 36.4 Å². The van der Waals surface area contributed by atoms with Gasteiger partial charge in [-0.05, 0) is 29.3 Å². The molecule has 2 aliphatic rings. The highest BCUT2D eigenvalue weighted by Gasteiger charge is 2.42. The number of H-pyrrole nitrogens is 1. The van der Waals surface area contributed by atoms with E-state index in [9.17, 15) is 9.59 Å². The summed E-state index contributed by atoms with van der Waals surface area (Å²) >= 11 is 0. The summed E-state index contributed by atoms with van der Waals surface area (Å²) in [5.74, 6) is 0.334. The molecular formula is C21H20N4O4. The molecule has 0 spiro atoms. The molecule has 3 heterocycles. The minimum absolute atomic E-state index is 0.149. The standard InChI is InChI=1S/C21H20N4O4/c22-9-18(26)25-15(21(23)27)8-13-12-3-1-2-4-14(12)24-19(13)20(25)11-5-6-16-17(7-11)29-10-28-16/h1-7,15,20,24H,8-10,22H2,(H2,23,27)/t15-,20-/m1/s1. The Hall–Kier alpha value is -3.52. The molecule has 0 radical (unpaired) electrons. The van der Waals surface area contributed by atoms with Gasteiger partial charge in [-0.3, -0.25) is 9.59 Å². The topological polar surface area (TPSA) is 124 Å². The van der Waals surface area contributed by atoms with Crippen molar-refractivity contribution in [3.63, 3.8) is 0 Å². The fourth-order valence-electron chi connectivity index (χ4n) is 4.36. The van der Waals surface area contributed by atoms with Gasteiger partial charge in [-0.2, -0.15) is 0 Å². The van der Waals surface area contributed by atoms with Crippen LogP contribution in [0.25, 0.3) is 10.9 Å². The van der Waals surface area contributed by atoms with Crippen LogP contribution in [-0.4, -0.2) is 41.1 Å². The number of amides is 2. The maximum absolute atomic E-state index is 12.8.